The summed E-state index contributed by atoms with van der Waals surface area (Å²) in [6.07, 6.45) is 5.16. The molecule has 3 aromatic carbocycles. The first-order valence-corrected chi connectivity index (χ1v) is 11.7. The zero-order valence-electron chi connectivity index (χ0n) is 19.7. The number of rotatable bonds is 5. The Balaban J connectivity index is 1.45. The summed E-state index contributed by atoms with van der Waals surface area (Å²) < 4.78 is 10.7. The molecule has 0 bridgehead atoms. The van der Waals surface area contributed by atoms with E-state index >= 15 is 0 Å². The number of allylic oxidation sites excluding steroid dienone is 1. The molecule has 3 aromatic rings. The van der Waals surface area contributed by atoms with Gasteiger partial charge in [-0.05, 0) is 35.7 Å². The normalized spacial score (nSPS) is 24.3. The number of hydrazone groups is 1. The van der Waals surface area contributed by atoms with Crippen molar-refractivity contribution in [3.05, 3.63) is 78.4 Å². The van der Waals surface area contributed by atoms with Crippen molar-refractivity contribution in [3.8, 4) is 11.5 Å². The maximum Gasteiger partial charge on any atom is 0.240 e. The second-order valence-electron chi connectivity index (χ2n) is 8.96. The first kappa shape index (κ1) is 22.0. The molecule has 0 unspecified atom stereocenters. The Labute approximate surface area is 207 Å². The Morgan fingerprint density at radius 1 is 0.889 bits per heavy atom. The van der Waals surface area contributed by atoms with Crippen molar-refractivity contribution in [1.29, 1.82) is 0 Å². The van der Waals surface area contributed by atoms with Crippen molar-refractivity contribution in [1.82, 2.24) is 5.01 Å². The molecule has 3 heterocycles. The Hall–Kier alpha value is -4.46. The van der Waals surface area contributed by atoms with E-state index in [-0.39, 0.29) is 11.7 Å². The number of fused-ring (bicyclic) bond motifs is 4. The van der Waals surface area contributed by atoms with Crippen LogP contribution in [0.4, 0.5) is 5.69 Å². The van der Waals surface area contributed by atoms with Gasteiger partial charge in [0.25, 0.3) is 0 Å². The maximum absolute atomic E-state index is 14.0. The molecule has 8 heteroatoms. The summed E-state index contributed by atoms with van der Waals surface area (Å²) in [5.41, 5.74) is 0.885. The van der Waals surface area contributed by atoms with Gasteiger partial charge in [-0.2, -0.15) is 5.10 Å². The Morgan fingerprint density at radius 2 is 1.64 bits per heavy atom. The number of hydrogen-bond donors (Lipinski definition) is 0. The molecule has 36 heavy (non-hydrogen) atoms. The Bertz CT molecular complexity index is 1470. The van der Waals surface area contributed by atoms with Crippen molar-refractivity contribution in [3.63, 3.8) is 0 Å². The number of nitrogens with zero attached hydrogens (tertiary/aromatic N) is 3. The second-order valence-corrected chi connectivity index (χ2v) is 8.96. The van der Waals surface area contributed by atoms with Gasteiger partial charge in [0.15, 0.2) is 17.3 Å². The third-order valence-electron chi connectivity index (χ3n) is 7.24. The highest BCUT2D eigenvalue weighted by molar-refractivity contribution is 6.27. The monoisotopic (exact) mass is 481 g/mol. The van der Waals surface area contributed by atoms with Gasteiger partial charge in [0, 0.05) is 17.2 Å². The number of methoxy groups -OCH3 is 2. The van der Waals surface area contributed by atoms with Crippen LogP contribution in [0.1, 0.15) is 10.4 Å². The van der Waals surface area contributed by atoms with Crippen LogP contribution < -0.4 is 14.4 Å². The van der Waals surface area contributed by atoms with Crippen LogP contribution in [-0.4, -0.2) is 55.1 Å². The van der Waals surface area contributed by atoms with E-state index in [1.165, 1.54) is 19.1 Å². The number of anilines is 1. The van der Waals surface area contributed by atoms with Crippen molar-refractivity contribution >= 4 is 40.3 Å². The minimum atomic E-state index is -0.935. The van der Waals surface area contributed by atoms with Crippen molar-refractivity contribution < 1.29 is 23.9 Å². The van der Waals surface area contributed by atoms with Crippen LogP contribution in [-0.2, 0) is 9.59 Å². The average Bonchev–Trinajstić information content (AvgIpc) is 3.39. The lowest BCUT2D eigenvalue weighted by molar-refractivity contribution is -0.123. The number of ether oxygens (including phenoxy) is 2. The van der Waals surface area contributed by atoms with Crippen LogP contribution >= 0.6 is 0 Å². The highest BCUT2D eigenvalue weighted by Gasteiger charge is 2.64. The largest absolute Gasteiger partial charge is 0.493 e. The zero-order valence-corrected chi connectivity index (χ0v) is 19.7. The van der Waals surface area contributed by atoms with E-state index in [1.807, 2.05) is 42.5 Å². The fourth-order valence-electron chi connectivity index (χ4n) is 5.64. The van der Waals surface area contributed by atoms with Crippen LogP contribution in [0.3, 0.4) is 0 Å². The number of carbonyl (C=O) groups excluding carboxylic acids is 3. The number of imide groups is 1. The molecular formula is C28H23N3O5. The molecule has 2 saturated heterocycles. The summed E-state index contributed by atoms with van der Waals surface area (Å²) in [6.45, 7) is 0. The molecule has 6 rings (SSSR count). The molecule has 4 atom stereocenters. The predicted octanol–water partition coefficient (Wildman–Crippen LogP) is 3.45. The van der Waals surface area contributed by atoms with E-state index in [4.69, 9.17) is 9.47 Å². The van der Waals surface area contributed by atoms with E-state index in [0.29, 0.717) is 22.7 Å². The smallest absolute Gasteiger partial charge is 0.240 e. The van der Waals surface area contributed by atoms with E-state index in [0.717, 1.165) is 10.8 Å². The summed E-state index contributed by atoms with van der Waals surface area (Å²) >= 11 is 0. The van der Waals surface area contributed by atoms with Gasteiger partial charge in [0.1, 0.15) is 6.04 Å². The molecule has 0 aliphatic carbocycles. The Kier molecular flexibility index (Phi) is 5.10. The highest BCUT2D eigenvalue weighted by Crippen LogP contribution is 2.47. The highest BCUT2D eigenvalue weighted by atomic mass is 16.5. The molecule has 0 spiro atoms. The molecule has 3 aliphatic heterocycles. The first-order valence-electron chi connectivity index (χ1n) is 11.7. The lowest BCUT2D eigenvalue weighted by atomic mass is 9.86. The second kappa shape index (κ2) is 8.34. The summed E-state index contributed by atoms with van der Waals surface area (Å²) in [5, 5.41) is 7.75. The molecule has 0 saturated carbocycles. The molecule has 0 radical (unpaired) electrons. The standard InChI is InChI=1S/C28H23N3O5/c1-35-21-13-12-17(15-22(21)36-2)26(32)25-24-23(20-11-6-14-29-31(20)25)27(33)30(28(24)34)19-10-5-8-16-7-3-4-9-18(16)19/h3-15,20,23-25H,1-2H3/t20-,23-,24+,25-/m0/s1. The van der Waals surface area contributed by atoms with Crippen LogP contribution in [0, 0.1) is 11.8 Å². The molecule has 0 aromatic heterocycles. The summed E-state index contributed by atoms with van der Waals surface area (Å²) in [7, 11) is 3.01. The number of ketones is 1. The lowest BCUT2D eigenvalue weighted by Gasteiger charge is -2.30. The van der Waals surface area contributed by atoms with Crippen LogP contribution in [0.2, 0.25) is 0 Å². The third-order valence-corrected chi connectivity index (χ3v) is 7.24. The molecule has 8 nitrogen and oxygen atoms in total. The maximum atomic E-state index is 14.0. The van der Waals surface area contributed by atoms with Crippen molar-refractivity contribution in [2.45, 2.75) is 12.1 Å². The molecule has 0 N–H and O–H groups in total. The zero-order chi connectivity index (χ0) is 25.0. The first-order chi connectivity index (χ1) is 17.5. The molecule has 180 valence electrons. The fourth-order valence-corrected chi connectivity index (χ4v) is 5.64. The van der Waals surface area contributed by atoms with Gasteiger partial charge in [-0.3, -0.25) is 19.4 Å². The number of amides is 2. The van der Waals surface area contributed by atoms with E-state index in [1.54, 1.807) is 41.6 Å². The predicted molar refractivity (Wildman–Crippen MR) is 134 cm³/mol. The number of carbonyl (C=O) groups is 3. The topological polar surface area (TPSA) is 88.5 Å². The van der Waals surface area contributed by atoms with Crippen LogP contribution in [0.5, 0.6) is 11.5 Å². The summed E-state index contributed by atoms with van der Waals surface area (Å²) in [6, 6.07) is 16.6. The minimum Gasteiger partial charge on any atom is -0.493 e. The van der Waals surface area contributed by atoms with Gasteiger partial charge in [-0.15, -0.1) is 0 Å². The molecular weight excluding hydrogens is 458 g/mol. The lowest BCUT2D eigenvalue weighted by Crippen LogP contribution is -2.46. The average molecular weight is 482 g/mol. The molecule has 2 fully saturated rings. The van der Waals surface area contributed by atoms with Gasteiger partial charge in [-0.1, -0.05) is 42.5 Å². The van der Waals surface area contributed by atoms with Gasteiger partial charge in [0.2, 0.25) is 11.8 Å². The van der Waals surface area contributed by atoms with Crippen LogP contribution in [0.15, 0.2) is 77.9 Å². The van der Waals surface area contributed by atoms with Crippen molar-refractivity contribution in [2.75, 3.05) is 19.1 Å². The van der Waals surface area contributed by atoms with Gasteiger partial charge >= 0.3 is 0 Å². The van der Waals surface area contributed by atoms with E-state index in [2.05, 4.69) is 5.10 Å². The third kappa shape index (κ3) is 3.07. The van der Waals surface area contributed by atoms with Crippen LogP contribution in [0.25, 0.3) is 10.8 Å². The van der Waals surface area contributed by atoms with Gasteiger partial charge < -0.3 is 9.47 Å². The van der Waals surface area contributed by atoms with E-state index in [9.17, 15) is 14.4 Å². The van der Waals surface area contributed by atoms with Crippen molar-refractivity contribution in [2.24, 2.45) is 16.9 Å². The number of benzene rings is 3. The van der Waals surface area contributed by atoms with Gasteiger partial charge in [0.05, 0.1) is 37.8 Å². The SMILES string of the molecule is COc1ccc(C(=O)[C@@H]2[C@@H]3C(=O)N(c4cccc5ccccc45)C(=O)[C@H]3[C@@H]3C=CC=NN23)cc1OC. The quantitative estimate of drug-likeness (QED) is 0.410. The van der Waals surface area contributed by atoms with Gasteiger partial charge in [-0.25, -0.2) is 4.90 Å². The molecule has 2 amide bonds. The number of Topliss-reactive ketones (excluding diaryl/α,β-unsaturated/α-hetero) is 1. The molecule has 3 aliphatic rings. The Morgan fingerprint density at radius 3 is 2.44 bits per heavy atom. The minimum absolute atomic E-state index is 0.304. The number of hydrogen-bond acceptors (Lipinski definition) is 7. The van der Waals surface area contributed by atoms with E-state index < -0.39 is 29.8 Å². The fraction of sp³-hybridized carbons (Fsp3) is 0.214. The summed E-state index contributed by atoms with van der Waals surface area (Å²) in [5.74, 6) is -1.71. The summed E-state index contributed by atoms with van der Waals surface area (Å²) in [4.78, 5) is 43.0.